The average Bonchev–Trinajstić information content (AvgIpc) is 3.00. The number of rotatable bonds is 1. The summed E-state index contributed by atoms with van der Waals surface area (Å²) in [7, 11) is 0. The quantitative estimate of drug-likeness (QED) is 0.434. The Hall–Kier alpha value is -2.61. The lowest BCUT2D eigenvalue weighted by molar-refractivity contribution is 0.559. The van der Waals surface area contributed by atoms with Gasteiger partial charge in [0.05, 0.1) is 17.5 Å². The highest BCUT2D eigenvalue weighted by molar-refractivity contribution is 5.88. The van der Waals surface area contributed by atoms with Crippen LogP contribution in [0.1, 0.15) is 26.3 Å². The van der Waals surface area contributed by atoms with E-state index in [2.05, 4.69) is 57.2 Å². The number of nitrogens with zero attached hydrogens (tertiary/aromatic N) is 1. The summed E-state index contributed by atoms with van der Waals surface area (Å²) in [5.74, 6) is 0. The van der Waals surface area contributed by atoms with E-state index < -0.39 is 0 Å². The SMILES string of the molecule is CC(C)(C)c1cc(-c2ccc3ccccc3n2)cc2ccoc12. The Morgan fingerprint density at radius 3 is 2.52 bits per heavy atom. The maximum atomic E-state index is 5.72. The predicted molar refractivity (Wildman–Crippen MR) is 95.7 cm³/mol. The fraction of sp³-hybridized carbons (Fsp3) is 0.190. The number of aromatic nitrogens is 1. The second-order valence-electron chi connectivity index (χ2n) is 7.00. The largest absolute Gasteiger partial charge is 0.464 e. The number of furan rings is 1. The van der Waals surface area contributed by atoms with Gasteiger partial charge >= 0.3 is 0 Å². The maximum Gasteiger partial charge on any atom is 0.137 e. The Labute approximate surface area is 135 Å². The molecule has 2 heteroatoms. The van der Waals surface area contributed by atoms with Gasteiger partial charge in [0.2, 0.25) is 0 Å². The molecule has 0 spiro atoms. The third-order valence-electron chi connectivity index (χ3n) is 4.25. The summed E-state index contributed by atoms with van der Waals surface area (Å²) in [4.78, 5) is 4.83. The minimum Gasteiger partial charge on any atom is -0.464 e. The molecule has 0 bridgehead atoms. The van der Waals surface area contributed by atoms with Crippen LogP contribution in [0.2, 0.25) is 0 Å². The van der Waals surface area contributed by atoms with Crippen LogP contribution in [0.4, 0.5) is 0 Å². The number of benzene rings is 2. The minimum absolute atomic E-state index is 0.0168. The van der Waals surface area contributed by atoms with Gasteiger partial charge in [-0.2, -0.15) is 0 Å². The lowest BCUT2D eigenvalue weighted by Crippen LogP contribution is -2.11. The zero-order valence-electron chi connectivity index (χ0n) is 13.6. The van der Waals surface area contributed by atoms with Crippen molar-refractivity contribution in [3.63, 3.8) is 0 Å². The first-order valence-electron chi connectivity index (χ1n) is 7.90. The zero-order chi connectivity index (χ0) is 16.0. The van der Waals surface area contributed by atoms with Crippen LogP contribution in [0.3, 0.4) is 0 Å². The number of pyridine rings is 1. The van der Waals surface area contributed by atoms with Crippen molar-refractivity contribution in [3.05, 3.63) is 66.4 Å². The third-order valence-corrected chi connectivity index (χ3v) is 4.25. The minimum atomic E-state index is 0.0168. The van der Waals surface area contributed by atoms with E-state index in [9.17, 15) is 0 Å². The van der Waals surface area contributed by atoms with Gasteiger partial charge in [0, 0.05) is 21.9 Å². The van der Waals surface area contributed by atoms with Crippen LogP contribution in [0.25, 0.3) is 33.1 Å². The van der Waals surface area contributed by atoms with Crippen molar-refractivity contribution in [2.45, 2.75) is 26.2 Å². The summed E-state index contributed by atoms with van der Waals surface area (Å²) >= 11 is 0. The molecule has 0 aliphatic carbocycles. The summed E-state index contributed by atoms with van der Waals surface area (Å²) in [5, 5.41) is 2.29. The highest BCUT2D eigenvalue weighted by atomic mass is 16.3. The second-order valence-corrected chi connectivity index (χ2v) is 7.00. The zero-order valence-corrected chi connectivity index (χ0v) is 13.6. The first-order valence-corrected chi connectivity index (χ1v) is 7.90. The van der Waals surface area contributed by atoms with Gasteiger partial charge in [-0.05, 0) is 35.7 Å². The molecule has 0 N–H and O–H groups in total. The Kier molecular flexibility index (Phi) is 3.02. The molecule has 0 unspecified atom stereocenters. The smallest absolute Gasteiger partial charge is 0.137 e. The fourth-order valence-electron chi connectivity index (χ4n) is 3.01. The van der Waals surface area contributed by atoms with Gasteiger partial charge in [0.1, 0.15) is 5.58 Å². The summed E-state index contributed by atoms with van der Waals surface area (Å²) in [6, 6.07) is 18.8. The molecule has 114 valence electrons. The molecular formula is C21H19NO. The molecule has 2 aromatic carbocycles. The highest BCUT2D eigenvalue weighted by Gasteiger charge is 2.20. The highest BCUT2D eigenvalue weighted by Crippen LogP contribution is 2.35. The Morgan fingerprint density at radius 1 is 0.870 bits per heavy atom. The van der Waals surface area contributed by atoms with Crippen molar-refractivity contribution in [2.24, 2.45) is 0 Å². The summed E-state index contributed by atoms with van der Waals surface area (Å²) in [6.45, 7) is 6.63. The molecule has 0 saturated heterocycles. The van der Waals surface area contributed by atoms with Gasteiger partial charge in [-0.25, -0.2) is 4.98 Å². The van der Waals surface area contributed by atoms with Gasteiger partial charge in [0.25, 0.3) is 0 Å². The van der Waals surface area contributed by atoms with E-state index in [4.69, 9.17) is 9.40 Å². The van der Waals surface area contributed by atoms with Crippen molar-refractivity contribution < 1.29 is 4.42 Å². The van der Waals surface area contributed by atoms with Crippen LogP contribution in [-0.2, 0) is 5.41 Å². The van der Waals surface area contributed by atoms with Crippen LogP contribution in [0, 0.1) is 0 Å². The van der Waals surface area contributed by atoms with E-state index >= 15 is 0 Å². The van der Waals surface area contributed by atoms with Crippen molar-refractivity contribution in [3.8, 4) is 11.3 Å². The van der Waals surface area contributed by atoms with E-state index in [0.29, 0.717) is 0 Å². The van der Waals surface area contributed by atoms with Gasteiger partial charge in [0.15, 0.2) is 0 Å². The molecule has 0 amide bonds. The van der Waals surface area contributed by atoms with E-state index in [1.807, 2.05) is 18.2 Å². The van der Waals surface area contributed by atoms with Crippen LogP contribution >= 0.6 is 0 Å². The Bertz CT molecular complexity index is 1010. The van der Waals surface area contributed by atoms with Gasteiger partial charge in [-0.3, -0.25) is 0 Å². The number of hydrogen-bond acceptors (Lipinski definition) is 2. The molecule has 0 aliphatic heterocycles. The molecule has 0 saturated carbocycles. The topological polar surface area (TPSA) is 26.0 Å². The third kappa shape index (κ3) is 2.40. The lowest BCUT2D eigenvalue weighted by Gasteiger charge is -2.20. The number of fused-ring (bicyclic) bond motifs is 2. The standard InChI is InChI=1S/C21H19NO/c1-21(2,3)17-13-16(12-15-10-11-23-20(15)17)19-9-8-14-6-4-5-7-18(14)22-19/h4-13H,1-3H3. The van der Waals surface area contributed by atoms with E-state index in [1.165, 1.54) is 5.56 Å². The molecule has 0 fully saturated rings. The van der Waals surface area contributed by atoms with Crippen molar-refractivity contribution in [1.82, 2.24) is 4.98 Å². The monoisotopic (exact) mass is 301 g/mol. The second kappa shape index (κ2) is 4.95. The van der Waals surface area contributed by atoms with E-state index in [0.717, 1.165) is 33.1 Å². The molecule has 2 nitrogen and oxygen atoms in total. The maximum absolute atomic E-state index is 5.72. The summed E-state index contributed by atoms with van der Waals surface area (Å²) < 4.78 is 5.72. The fourth-order valence-corrected chi connectivity index (χ4v) is 3.01. The number of hydrogen-bond donors (Lipinski definition) is 0. The summed E-state index contributed by atoms with van der Waals surface area (Å²) in [6.07, 6.45) is 1.76. The van der Waals surface area contributed by atoms with E-state index in [1.54, 1.807) is 6.26 Å². The molecule has 4 rings (SSSR count). The first-order chi connectivity index (χ1) is 11.0. The van der Waals surface area contributed by atoms with E-state index in [-0.39, 0.29) is 5.41 Å². The predicted octanol–water partition coefficient (Wildman–Crippen LogP) is 5.95. The molecule has 0 atom stereocenters. The molecular weight excluding hydrogens is 282 g/mol. The van der Waals surface area contributed by atoms with Crippen LogP contribution in [-0.4, -0.2) is 4.98 Å². The van der Waals surface area contributed by atoms with Crippen molar-refractivity contribution in [1.29, 1.82) is 0 Å². The first kappa shape index (κ1) is 14.0. The molecule has 2 aromatic heterocycles. The summed E-state index contributed by atoms with van der Waals surface area (Å²) in [5.41, 5.74) is 5.36. The van der Waals surface area contributed by atoms with Crippen LogP contribution < -0.4 is 0 Å². The molecule has 0 radical (unpaired) electrons. The molecule has 2 heterocycles. The molecule has 23 heavy (non-hydrogen) atoms. The lowest BCUT2D eigenvalue weighted by atomic mass is 9.84. The van der Waals surface area contributed by atoms with Crippen molar-refractivity contribution in [2.75, 3.05) is 0 Å². The van der Waals surface area contributed by atoms with Gasteiger partial charge < -0.3 is 4.42 Å². The van der Waals surface area contributed by atoms with Crippen molar-refractivity contribution >= 4 is 21.9 Å². The average molecular weight is 301 g/mol. The molecule has 4 aromatic rings. The normalized spacial score (nSPS) is 12.1. The molecule has 0 aliphatic rings. The van der Waals surface area contributed by atoms with Crippen LogP contribution in [0.15, 0.2) is 65.3 Å². The van der Waals surface area contributed by atoms with Gasteiger partial charge in [-0.15, -0.1) is 0 Å². The van der Waals surface area contributed by atoms with Gasteiger partial charge in [-0.1, -0.05) is 45.0 Å². The Morgan fingerprint density at radius 2 is 1.70 bits per heavy atom. The Balaban J connectivity index is 1.96. The number of para-hydroxylation sites is 1. The van der Waals surface area contributed by atoms with Crippen LogP contribution in [0.5, 0.6) is 0 Å².